The van der Waals surface area contributed by atoms with Crippen molar-refractivity contribution in [2.45, 2.75) is 18.0 Å². The van der Waals surface area contributed by atoms with Crippen molar-refractivity contribution in [3.8, 4) is 28.4 Å². The third kappa shape index (κ3) is 4.25. The molecule has 0 amide bonds. The standard InChI is InChI=1S/C22H23N5O3S2/c1-32(28,29)21-23-9-8-18(24-21)20-19(25-22-27(20)13-15-31-22)16-4-6-17(7-5-16)30-14-12-26-10-2-3-11-26/h4-9,13,15H,2-3,10-12,14H2,1H3. The van der Waals surface area contributed by atoms with Crippen molar-refractivity contribution < 1.29 is 13.2 Å². The van der Waals surface area contributed by atoms with E-state index < -0.39 is 9.84 Å². The smallest absolute Gasteiger partial charge is 0.247 e. The fraction of sp³-hybridized carbons (Fsp3) is 0.318. The first-order chi connectivity index (χ1) is 15.5. The first-order valence-corrected chi connectivity index (χ1v) is 13.2. The molecule has 0 N–H and O–H groups in total. The Morgan fingerprint density at radius 2 is 1.88 bits per heavy atom. The summed E-state index contributed by atoms with van der Waals surface area (Å²) in [5.41, 5.74) is 2.88. The number of ether oxygens (including phenoxy) is 1. The largest absolute Gasteiger partial charge is 0.492 e. The summed E-state index contributed by atoms with van der Waals surface area (Å²) in [6.45, 7) is 3.93. The van der Waals surface area contributed by atoms with Gasteiger partial charge in [0.1, 0.15) is 18.1 Å². The fourth-order valence-electron chi connectivity index (χ4n) is 3.89. The van der Waals surface area contributed by atoms with E-state index in [4.69, 9.17) is 9.72 Å². The number of nitrogens with zero attached hydrogens (tertiary/aromatic N) is 5. The molecule has 4 aromatic rings. The molecule has 1 saturated heterocycles. The van der Waals surface area contributed by atoms with Gasteiger partial charge in [0, 0.05) is 36.1 Å². The van der Waals surface area contributed by atoms with Crippen molar-refractivity contribution in [1.82, 2.24) is 24.3 Å². The van der Waals surface area contributed by atoms with E-state index in [1.54, 1.807) is 6.07 Å². The Morgan fingerprint density at radius 1 is 1.09 bits per heavy atom. The second-order valence-electron chi connectivity index (χ2n) is 7.78. The van der Waals surface area contributed by atoms with Crippen molar-refractivity contribution in [2.24, 2.45) is 0 Å². The molecule has 8 nitrogen and oxygen atoms in total. The fourth-order valence-corrected chi connectivity index (χ4v) is 5.12. The molecule has 10 heteroatoms. The SMILES string of the molecule is CS(=O)(=O)c1nccc(-c2c(-c3ccc(OCCN4CCCC4)cc3)nc3sccn23)n1. The van der Waals surface area contributed by atoms with Gasteiger partial charge in [-0.25, -0.2) is 23.4 Å². The van der Waals surface area contributed by atoms with E-state index in [0.29, 0.717) is 12.3 Å². The van der Waals surface area contributed by atoms with Gasteiger partial charge in [0.05, 0.1) is 11.4 Å². The van der Waals surface area contributed by atoms with Gasteiger partial charge in [0.2, 0.25) is 15.0 Å². The van der Waals surface area contributed by atoms with Crippen LogP contribution in [-0.2, 0) is 9.84 Å². The summed E-state index contributed by atoms with van der Waals surface area (Å²) in [7, 11) is -3.52. The Bertz CT molecular complexity index is 1340. The lowest BCUT2D eigenvalue weighted by Gasteiger charge is -2.15. The van der Waals surface area contributed by atoms with Crippen LogP contribution in [0.2, 0.25) is 0 Å². The molecule has 1 aliphatic rings. The summed E-state index contributed by atoms with van der Waals surface area (Å²) >= 11 is 1.51. The molecule has 0 atom stereocenters. The number of hydrogen-bond acceptors (Lipinski definition) is 8. The van der Waals surface area contributed by atoms with Crippen LogP contribution in [-0.4, -0.2) is 65.2 Å². The summed E-state index contributed by atoms with van der Waals surface area (Å²) in [5.74, 6) is 0.817. The summed E-state index contributed by atoms with van der Waals surface area (Å²) in [4.78, 5) is 16.2. The molecule has 0 spiro atoms. The first-order valence-electron chi connectivity index (χ1n) is 10.4. The van der Waals surface area contributed by atoms with Gasteiger partial charge in [0.15, 0.2) is 4.96 Å². The molecule has 1 fully saturated rings. The van der Waals surface area contributed by atoms with Gasteiger partial charge < -0.3 is 4.74 Å². The van der Waals surface area contributed by atoms with Gasteiger partial charge in [0.25, 0.3) is 0 Å². The molecule has 0 unspecified atom stereocenters. The third-order valence-corrected chi connectivity index (χ3v) is 7.09. The van der Waals surface area contributed by atoms with Gasteiger partial charge >= 0.3 is 0 Å². The van der Waals surface area contributed by atoms with Crippen molar-refractivity contribution >= 4 is 26.1 Å². The number of benzene rings is 1. The topological polar surface area (TPSA) is 89.7 Å². The van der Waals surface area contributed by atoms with E-state index in [9.17, 15) is 8.42 Å². The van der Waals surface area contributed by atoms with E-state index in [-0.39, 0.29) is 5.16 Å². The highest BCUT2D eigenvalue weighted by molar-refractivity contribution is 7.90. The maximum Gasteiger partial charge on any atom is 0.247 e. The predicted octanol–water partition coefficient (Wildman–Crippen LogP) is 3.40. The first kappa shape index (κ1) is 21.0. The second kappa shape index (κ2) is 8.61. The summed E-state index contributed by atoms with van der Waals surface area (Å²) in [6.07, 6.45) is 7.02. The van der Waals surface area contributed by atoms with Gasteiger partial charge in [-0.2, -0.15) is 0 Å². The molecule has 5 rings (SSSR count). The van der Waals surface area contributed by atoms with Crippen LogP contribution in [0, 0.1) is 0 Å². The number of thiazole rings is 1. The van der Waals surface area contributed by atoms with E-state index in [0.717, 1.165) is 53.6 Å². The van der Waals surface area contributed by atoms with E-state index in [2.05, 4.69) is 14.9 Å². The predicted molar refractivity (Wildman–Crippen MR) is 124 cm³/mol. The molecule has 0 radical (unpaired) electrons. The number of likely N-dealkylation sites (tertiary alicyclic amines) is 1. The molecule has 0 saturated carbocycles. The van der Waals surface area contributed by atoms with Crippen LogP contribution in [0.4, 0.5) is 0 Å². The van der Waals surface area contributed by atoms with E-state index in [1.165, 1.54) is 30.4 Å². The Balaban J connectivity index is 1.44. The molecule has 1 aliphatic heterocycles. The highest BCUT2D eigenvalue weighted by Gasteiger charge is 2.20. The second-order valence-corrected chi connectivity index (χ2v) is 10.6. The number of imidazole rings is 1. The molecule has 32 heavy (non-hydrogen) atoms. The lowest BCUT2D eigenvalue weighted by Crippen LogP contribution is -2.25. The van der Waals surface area contributed by atoms with Crippen LogP contribution in [0.15, 0.2) is 53.3 Å². The van der Waals surface area contributed by atoms with Crippen molar-refractivity contribution in [3.63, 3.8) is 0 Å². The van der Waals surface area contributed by atoms with Gasteiger partial charge in [-0.15, -0.1) is 11.3 Å². The minimum Gasteiger partial charge on any atom is -0.492 e. The quantitative estimate of drug-likeness (QED) is 0.383. The maximum atomic E-state index is 12.0. The molecule has 1 aromatic carbocycles. The van der Waals surface area contributed by atoms with Crippen LogP contribution >= 0.6 is 11.3 Å². The zero-order chi connectivity index (χ0) is 22.1. The monoisotopic (exact) mass is 469 g/mol. The molecular weight excluding hydrogens is 446 g/mol. The third-order valence-electron chi connectivity index (χ3n) is 5.47. The number of hydrogen-bond donors (Lipinski definition) is 0. The molecule has 0 aliphatic carbocycles. The van der Waals surface area contributed by atoms with Crippen LogP contribution < -0.4 is 4.74 Å². The highest BCUT2D eigenvalue weighted by atomic mass is 32.2. The molecule has 0 bridgehead atoms. The molecule has 4 heterocycles. The Hall–Kier alpha value is -2.82. The summed E-state index contributed by atoms with van der Waals surface area (Å²) < 4.78 is 31.8. The Morgan fingerprint density at radius 3 is 2.62 bits per heavy atom. The van der Waals surface area contributed by atoms with Gasteiger partial charge in [-0.05, 0) is 56.3 Å². The van der Waals surface area contributed by atoms with E-state index in [1.807, 2.05) is 40.2 Å². The highest BCUT2D eigenvalue weighted by Crippen LogP contribution is 2.34. The lowest BCUT2D eigenvalue weighted by molar-refractivity contribution is 0.238. The zero-order valence-corrected chi connectivity index (χ0v) is 19.3. The van der Waals surface area contributed by atoms with Crippen molar-refractivity contribution in [3.05, 3.63) is 48.1 Å². The van der Waals surface area contributed by atoms with Crippen LogP contribution in [0.5, 0.6) is 5.75 Å². The molecular formula is C22H23N5O3S2. The minimum absolute atomic E-state index is 0.201. The number of sulfone groups is 1. The maximum absolute atomic E-state index is 12.0. The minimum atomic E-state index is -3.52. The van der Waals surface area contributed by atoms with Crippen molar-refractivity contribution in [1.29, 1.82) is 0 Å². The van der Waals surface area contributed by atoms with Crippen LogP contribution in [0.25, 0.3) is 27.6 Å². The summed E-state index contributed by atoms with van der Waals surface area (Å²) in [5, 5.41) is 1.74. The average Bonchev–Trinajstić information content (AvgIpc) is 3.51. The number of aromatic nitrogens is 4. The average molecular weight is 470 g/mol. The van der Waals surface area contributed by atoms with E-state index >= 15 is 0 Å². The number of rotatable bonds is 7. The lowest BCUT2D eigenvalue weighted by atomic mass is 10.1. The number of fused-ring (bicyclic) bond motifs is 1. The Labute approximate surface area is 190 Å². The molecule has 3 aromatic heterocycles. The van der Waals surface area contributed by atoms with Gasteiger partial charge in [-0.1, -0.05) is 0 Å². The van der Waals surface area contributed by atoms with Crippen molar-refractivity contribution in [2.75, 3.05) is 32.5 Å². The van der Waals surface area contributed by atoms with Gasteiger partial charge in [-0.3, -0.25) is 9.30 Å². The van der Waals surface area contributed by atoms with Crippen LogP contribution in [0.1, 0.15) is 12.8 Å². The van der Waals surface area contributed by atoms with Crippen LogP contribution in [0.3, 0.4) is 0 Å². The zero-order valence-electron chi connectivity index (χ0n) is 17.6. The summed E-state index contributed by atoms with van der Waals surface area (Å²) in [6, 6.07) is 9.53. The Kier molecular flexibility index (Phi) is 5.66. The molecule has 166 valence electrons. The normalized spacial score (nSPS) is 14.9.